The van der Waals surface area contributed by atoms with Gasteiger partial charge in [0.2, 0.25) is 0 Å². The molecule has 154 valence electrons. The summed E-state index contributed by atoms with van der Waals surface area (Å²) in [5, 5.41) is 2.88. The minimum atomic E-state index is -0.344. The van der Waals surface area contributed by atoms with E-state index >= 15 is 0 Å². The lowest BCUT2D eigenvalue weighted by molar-refractivity contribution is 0.193. The smallest absolute Gasteiger partial charge is 0.322 e. The molecule has 0 unspecified atom stereocenters. The van der Waals surface area contributed by atoms with Gasteiger partial charge in [0, 0.05) is 12.2 Å². The summed E-state index contributed by atoms with van der Waals surface area (Å²) in [7, 11) is 3.22. The topological polar surface area (TPSA) is 50.8 Å². The first-order chi connectivity index (χ1) is 14.6. The van der Waals surface area contributed by atoms with E-state index in [0.29, 0.717) is 30.2 Å². The number of carbonyl (C=O) groups is 1. The lowest BCUT2D eigenvalue weighted by atomic mass is 9.88. The van der Waals surface area contributed by atoms with Crippen molar-refractivity contribution >= 4 is 11.7 Å². The predicted octanol–water partition coefficient (Wildman–Crippen LogP) is 5.02. The molecule has 0 saturated carbocycles. The van der Waals surface area contributed by atoms with Crippen LogP contribution in [0.25, 0.3) is 0 Å². The third-order valence-corrected chi connectivity index (χ3v) is 5.35. The van der Waals surface area contributed by atoms with Gasteiger partial charge >= 0.3 is 6.03 Å². The average molecular weight is 406 g/mol. The molecule has 3 aromatic rings. The first-order valence-corrected chi connectivity index (χ1v) is 9.73. The van der Waals surface area contributed by atoms with Crippen LogP contribution in [0.1, 0.15) is 22.7 Å². The van der Waals surface area contributed by atoms with Crippen molar-refractivity contribution in [3.63, 3.8) is 0 Å². The zero-order valence-corrected chi connectivity index (χ0v) is 16.9. The van der Waals surface area contributed by atoms with Crippen molar-refractivity contribution in [2.45, 2.75) is 12.5 Å². The summed E-state index contributed by atoms with van der Waals surface area (Å²) in [4.78, 5) is 15.0. The molecule has 0 fully saturated rings. The monoisotopic (exact) mass is 406 g/mol. The fourth-order valence-electron chi connectivity index (χ4n) is 3.89. The van der Waals surface area contributed by atoms with Gasteiger partial charge in [-0.25, -0.2) is 9.18 Å². The van der Waals surface area contributed by atoms with E-state index in [9.17, 15) is 9.18 Å². The molecule has 1 N–H and O–H groups in total. The van der Waals surface area contributed by atoms with Gasteiger partial charge in [-0.3, -0.25) is 0 Å². The molecule has 5 nitrogen and oxygen atoms in total. The first kappa shape index (κ1) is 19.8. The van der Waals surface area contributed by atoms with Gasteiger partial charge in [0.25, 0.3) is 0 Å². The number of urea groups is 1. The number of methoxy groups -OCH3 is 2. The summed E-state index contributed by atoms with van der Waals surface area (Å²) >= 11 is 0. The molecule has 0 radical (unpaired) electrons. The van der Waals surface area contributed by atoms with Gasteiger partial charge in [-0.2, -0.15) is 0 Å². The Balaban J connectivity index is 1.74. The van der Waals surface area contributed by atoms with Crippen LogP contribution in [0, 0.1) is 5.82 Å². The molecule has 1 atom stereocenters. The lowest BCUT2D eigenvalue weighted by Crippen LogP contribution is -2.43. The van der Waals surface area contributed by atoms with Gasteiger partial charge in [0.15, 0.2) is 11.5 Å². The number of hydrogen-bond donors (Lipinski definition) is 1. The number of fused-ring (bicyclic) bond motifs is 1. The average Bonchev–Trinajstić information content (AvgIpc) is 2.79. The molecule has 0 aliphatic carbocycles. The second-order valence-corrected chi connectivity index (χ2v) is 7.10. The number of rotatable bonds is 4. The second-order valence-electron chi connectivity index (χ2n) is 7.10. The molecule has 1 aliphatic heterocycles. The predicted molar refractivity (Wildman–Crippen MR) is 114 cm³/mol. The van der Waals surface area contributed by atoms with Crippen LogP contribution in [0.2, 0.25) is 0 Å². The van der Waals surface area contributed by atoms with Gasteiger partial charge < -0.3 is 19.7 Å². The molecule has 0 bridgehead atoms. The highest BCUT2D eigenvalue weighted by Gasteiger charge is 2.33. The fourth-order valence-corrected chi connectivity index (χ4v) is 3.89. The van der Waals surface area contributed by atoms with E-state index in [1.54, 1.807) is 31.3 Å². The molecular formula is C24H23FN2O3. The lowest BCUT2D eigenvalue weighted by Gasteiger charge is -2.38. The maximum Gasteiger partial charge on any atom is 0.322 e. The Morgan fingerprint density at radius 3 is 2.33 bits per heavy atom. The van der Waals surface area contributed by atoms with Crippen molar-refractivity contribution in [3.8, 4) is 11.5 Å². The Morgan fingerprint density at radius 2 is 1.67 bits per heavy atom. The highest BCUT2D eigenvalue weighted by atomic mass is 19.1. The van der Waals surface area contributed by atoms with Gasteiger partial charge in [-0.05, 0) is 59.5 Å². The van der Waals surface area contributed by atoms with E-state index in [4.69, 9.17) is 9.47 Å². The maximum absolute atomic E-state index is 13.2. The summed E-state index contributed by atoms with van der Waals surface area (Å²) in [5.41, 5.74) is 3.66. The Morgan fingerprint density at radius 1 is 1.00 bits per heavy atom. The van der Waals surface area contributed by atoms with Crippen molar-refractivity contribution in [2.24, 2.45) is 0 Å². The van der Waals surface area contributed by atoms with Crippen LogP contribution in [0.3, 0.4) is 0 Å². The SMILES string of the molecule is COc1cc2c(cc1OC)[C@@H](c1ccccc1)N(C(=O)Nc1ccc(F)cc1)CC2. The molecule has 4 rings (SSSR count). The van der Waals surface area contributed by atoms with Crippen molar-refractivity contribution in [3.05, 3.63) is 89.2 Å². The first-order valence-electron chi connectivity index (χ1n) is 9.73. The van der Waals surface area contributed by atoms with E-state index in [2.05, 4.69) is 5.32 Å². The number of hydrogen-bond acceptors (Lipinski definition) is 3. The molecular weight excluding hydrogens is 383 g/mol. The number of anilines is 1. The number of halogens is 1. The zero-order chi connectivity index (χ0) is 21.1. The molecule has 1 heterocycles. The van der Waals surface area contributed by atoms with Crippen molar-refractivity contribution < 1.29 is 18.7 Å². The van der Waals surface area contributed by atoms with E-state index in [0.717, 1.165) is 16.7 Å². The van der Waals surface area contributed by atoms with E-state index < -0.39 is 0 Å². The maximum atomic E-state index is 13.2. The molecule has 0 spiro atoms. The summed E-state index contributed by atoms with van der Waals surface area (Å²) < 4.78 is 24.2. The van der Waals surface area contributed by atoms with Gasteiger partial charge in [-0.15, -0.1) is 0 Å². The van der Waals surface area contributed by atoms with Gasteiger partial charge in [0.1, 0.15) is 5.82 Å². The fraction of sp³-hybridized carbons (Fsp3) is 0.208. The zero-order valence-electron chi connectivity index (χ0n) is 16.9. The number of ether oxygens (including phenoxy) is 2. The van der Waals surface area contributed by atoms with Crippen molar-refractivity contribution in [2.75, 3.05) is 26.1 Å². The molecule has 2 amide bonds. The van der Waals surface area contributed by atoms with Crippen LogP contribution in [-0.4, -0.2) is 31.7 Å². The Hall–Kier alpha value is -3.54. The molecule has 1 aliphatic rings. The number of nitrogens with one attached hydrogen (secondary N) is 1. The van der Waals surface area contributed by atoms with Crippen molar-refractivity contribution in [1.29, 1.82) is 0 Å². The summed E-state index contributed by atoms with van der Waals surface area (Å²) in [5.74, 6) is 0.952. The third kappa shape index (κ3) is 3.81. The molecule has 0 aromatic heterocycles. The van der Waals surface area contributed by atoms with Crippen molar-refractivity contribution in [1.82, 2.24) is 4.90 Å². The minimum Gasteiger partial charge on any atom is -0.493 e. The summed E-state index contributed by atoms with van der Waals surface area (Å²) in [6.45, 7) is 0.537. The second kappa shape index (κ2) is 8.45. The summed E-state index contributed by atoms with van der Waals surface area (Å²) in [6.07, 6.45) is 0.690. The quantitative estimate of drug-likeness (QED) is 0.662. The largest absolute Gasteiger partial charge is 0.493 e. The Bertz CT molecular complexity index is 1040. The number of nitrogens with zero attached hydrogens (tertiary/aromatic N) is 1. The molecule has 30 heavy (non-hydrogen) atoms. The number of benzene rings is 3. The standard InChI is InChI=1S/C24H23FN2O3/c1-29-21-14-17-12-13-27(24(28)26-19-10-8-18(25)9-11-19)23(16-6-4-3-5-7-16)20(17)15-22(21)30-2/h3-11,14-15,23H,12-13H2,1-2H3,(H,26,28)/t23-/m1/s1. The third-order valence-electron chi connectivity index (χ3n) is 5.35. The number of carbonyl (C=O) groups excluding carboxylic acids is 1. The minimum absolute atomic E-state index is 0.240. The van der Waals surface area contributed by atoms with Crippen LogP contribution in [0.15, 0.2) is 66.7 Å². The van der Waals surface area contributed by atoms with Crippen LogP contribution in [0.4, 0.5) is 14.9 Å². The van der Waals surface area contributed by atoms with E-state index in [1.807, 2.05) is 42.5 Å². The van der Waals surface area contributed by atoms with Crippen LogP contribution >= 0.6 is 0 Å². The number of amides is 2. The summed E-state index contributed by atoms with van der Waals surface area (Å²) in [6, 6.07) is 19.1. The van der Waals surface area contributed by atoms with Crippen LogP contribution in [-0.2, 0) is 6.42 Å². The normalized spacial score (nSPS) is 15.3. The highest BCUT2D eigenvalue weighted by molar-refractivity contribution is 5.90. The highest BCUT2D eigenvalue weighted by Crippen LogP contribution is 2.41. The van der Waals surface area contributed by atoms with E-state index in [-0.39, 0.29) is 17.9 Å². The molecule has 6 heteroatoms. The van der Waals surface area contributed by atoms with Crippen LogP contribution < -0.4 is 14.8 Å². The Kier molecular flexibility index (Phi) is 5.57. The van der Waals surface area contributed by atoms with Gasteiger partial charge in [0.05, 0.1) is 20.3 Å². The molecule has 3 aromatic carbocycles. The van der Waals surface area contributed by atoms with E-state index in [1.165, 1.54) is 12.1 Å². The molecule has 0 saturated heterocycles. The van der Waals surface area contributed by atoms with Gasteiger partial charge in [-0.1, -0.05) is 30.3 Å². The van der Waals surface area contributed by atoms with Crippen LogP contribution in [0.5, 0.6) is 11.5 Å². The Labute approximate surface area is 175 Å².